The number of rotatable bonds is 2. The van der Waals surface area contributed by atoms with Gasteiger partial charge in [0.1, 0.15) is 5.52 Å². The highest BCUT2D eigenvalue weighted by molar-refractivity contribution is 6.28. The maximum Gasteiger partial charge on any atom is 0.227 e. The van der Waals surface area contributed by atoms with Gasteiger partial charge in [-0.05, 0) is 31.5 Å². The van der Waals surface area contributed by atoms with Crippen molar-refractivity contribution in [1.82, 2.24) is 29.7 Å². The van der Waals surface area contributed by atoms with Crippen LogP contribution in [0.4, 0.5) is 5.82 Å². The zero-order chi connectivity index (χ0) is 17.4. The summed E-state index contributed by atoms with van der Waals surface area (Å²) in [4.78, 5) is 35.1. The molecule has 4 rings (SSSR count). The smallest absolute Gasteiger partial charge is 0.227 e. The maximum absolute atomic E-state index is 12.9. The number of nitrogens with zero attached hydrogens (tertiary/aromatic N) is 6. The molecule has 0 bridgehead atoms. The molecule has 2 aliphatic heterocycles. The molecule has 1 N–H and O–H groups in total. The number of H-pyrrole nitrogens is 1. The summed E-state index contributed by atoms with van der Waals surface area (Å²) in [6.45, 7) is 5.03. The van der Waals surface area contributed by atoms with Crippen LogP contribution in [0.2, 0.25) is 5.28 Å². The second-order valence-electron chi connectivity index (χ2n) is 6.83. The molecule has 8 nitrogen and oxygen atoms in total. The number of imidazole rings is 1. The van der Waals surface area contributed by atoms with Gasteiger partial charge in [-0.2, -0.15) is 9.97 Å². The van der Waals surface area contributed by atoms with E-state index in [9.17, 15) is 4.79 Å². The average Bonchev–Trinajstić information content (AvgIpc) is 3.09. The summed E-state index contributed by atoms with van der Waals surface area (Å²) in [6, 6.07) is 0. The minimum atomic E-state index is 0.00358. The van der Waals surface area contributed by atoms with Gasteiger partial charge in [0, 0.05) is 39.3 Å². The summed E-state index contributed by atoms with van der Waals surface area (Å²) in [5, 5.41) is 0.183. The van der Waals surface area contributed by atoms with Gasteiger partial charge in [0.25, 0.3) is 0 Å². The van der Waals surface area contributed by atoms with E-state index in [-0.39, 0.29) is 17.1 Å². The molecule has 1 amide bonds. The van der Waals surface area contributed by atoms with Gasteiger partial charge in [-0.1, -0.05) is 0 Å². The molecule has 0 radical (unpaired) electrons. The zero-order valence-electron chi connectivity index (χ0n) is 14.3. The molecule has 4 heterocycles. The third-order valence-electron chi connectivity index (χ3n) is 5.12. The Morgan fingerprint density at radius 2 is 2.04 bits per heavy atom. The van der Waals surface area contributed by atoms with Crippen molar-refractivity contribution in [3.63, 3.8) is 0 Å². The number of hydrogen-bond donors (Lipinski definition) is 1. The van der Waals surface area contributed by atoms with E-state index in [1.165, 1.54) is 0 Å². The van der Waals surface area contributed by atoms with Gasteiger partial charge in [0.05, 0.1) is 12.2 Å². The first-order valence-electron chi connectivity index (χ1n) is 8.70. The normalized spacial score (nSPS) is 22.6. The van der Waals surface area contributed by atoms with Crippen molar-refractivity contribution in [2.75, 3.05) is 51.2 Å². The second-order valence-corrected chi connectivity index (χ2v) is 7.17. The molecule has 0 unspecified atom stereocenters. The Morgan fingerprint density at radius 3 is 2.84 bits per heavy atom. The third kappa shape index (κ3) is 3.28. The monoisotopic (exact) mass is 363 g/mol. The Kier molecular flexibility index (Phi) is 4.47. The standard InChI is InChI=1S/C16H22ClN7O/c1-22-5-7-23(8-6-22)15(25)11-3-2-4-24(9-11)14-12-13(19-10-18-12)20-16(17)21-14/h10-11H,2-9H2,1H3,(H,18,19,20,21)/t11-/m0/s1. The highest BCUT2D eigenvalue weighted by Gasteiger charge is 2.32. The van der Waals surface area contributed by atoms with Gasteiger partial charge >= 0.3 is 0 Å². The van der Waals surface area contributed by atoms with Crippen LogP contribution in [0, 0.1) is 5.92 Å². The number of nitrogens with one attached hydrogen (secondary N) is 1. The van der Waals surface area contributed by atoms with Gasteiger partial charge in [-0.15, -0.1) is 0 Å². The van der Waals surface area contributed by atoms with Gasteiger partial charge in [-0.3, -0.25) is 4.79 Å². The second kappa shape index (κ2) is 6.76. The van der Waals surface area contributed by atoms with E-state index >= 15 is 0 Å². The number of aromatic nitrogens is 4. The summed E-state index contributed by atoms with van der Waals surface area (Å²) < 4.78 is 0. The molecule has 2 saturated heterocycles. The Bertz CT molecular complexity index is 771. The van der Waals surface area contributed by atoms with E-state index in [1.807, 2.05) is 4.90 Å². The molecule has 0 aliphatic carbocycles. The molecule has 9 heteroatoms. The minimum Gasteiger partial charge on any atom is -0.354 e. The number of piperidine rings is 1. The van der Waals surface area contributed by atoms with Gasteiger partial charge in [0.15, 0.2) is 11.5 Å². The van der Waals surface area contributed by atoms with Crippen LogP contribution in [-0.2, 0) is 4.79 Å². The Labute approximate surface area is 151 Å². The highest BCUT2D eigenvalue weighted by atomic mass is 35.5. The van der Waals surface area contributed by atoms with Crippen molar-refractivity contribution in [3.05, 3.63) is 11.6 Å². The average molecular weight is 364 g/mol. The lowest BCUT2D eigenvalue weighted by Gasteiger charge is -2.38. The summed E-state index contributed by atoms with van der Waals surface area (Å²) in [7, 11) is 2.10. The Morgan fingerprint density at radius 1 is 1.24 bits per heavy atom. The number of piperazine rings is 1. The van der Waals surface area contributed by atoms with E-state index in [0.717, 1.165) is 56.9 Å². The summed E-state index contributed by atoms with van der Waals surface area (Å²) >= 11 is 6.05. The predicted molar refractivity (Wildman–Crippen MR) is 95.7 cm³/mol. The SMILES string of the molecule is CN1CCN(C(=O)[C@H]2CCCN(c3nc(Cl)nc4nc[nH]c34)C2)CC1. The number of aromatic amines is 1. The quantitative estimate of drug-likeness (QED) is 0.801. The lowest BCUT2D eigenvalue weighted by Crippen LogP contribution is -2.51. The van der Waals surface area contributed by atoms with Crippen LogP contribution >= 0.6 is 11.6 Å². The van der Waals surface area contributed by atoms with Crippen molar-refractivity contribution in [1.29, 1.82) is 0 Å². The van der Waals surface area contributed by atoms with Crippen molar-refractivity contribution >= 4 is 34.5 Å². The van der Waals surface area contributed by atoms with E-state index in [2.05, 4.69) is 36.8 Å². The Balaban J connectivity index is 1.52. The summed E-state index contributed by atoms with van der Waals surface area (Å²) in [6.07, 6.45) is 3.48. The van der Waals surface area contributed by atoms with Gasteiger partial charge in [-0.25, -0.2) is 4.98 Å². The molecule has 2 fully saturated rings. The molecule has 0 aromatic carbocycles. The van der Waals surface area contributed by atoms with Crippen LogP contribution in [0.1, 0.15) is 12.8 Å². The van der Waals surface area contributed by atoms with Crippen molar-refractivity contribution < 1.29 is 4.79 Å². The summed E-state index contributed by atoms with van der Waals surface area (Å²) in [5.41, 5.74) is 1.33. The first-order chi connectivity index (χ1) is 12.1. The molecule has 0 spiro atoms. The van der Waals surface area contributed by atoms with E-state index in [4.69, 9.17) is 11.6 Å². The number of fused-ring (bicyclic) bond motifs is 1. The van der Waals surface area contributed by atoms with Crippen molar-refractivity contribution in [3.8, 4) is 0 Å². The molecule has 1 atom stereocenters. The molecule has 134 valence electrons. The van der Waals surface area contributed by atoms with Crippen LogP contribution in [0.15, 0.2) is 6.33 Å². The van der Waals surface area contributed by atoms with Crippen LogP contribution < -0.4 is 4.90 Å². The summed E-state index contributed by atoms with van der Waals surface area (Å²) in [5.74, 6) is 1.01. The first-order valence-corrected chi connectivity index (χ1v) is 9.08. The lowest BCUT2D eigenvalue weighted by atomic mass is 9.96. The number of likely N-dealkylation sites (N-methyl/N-ethyl adjacent to an activating group) is 1. The number of halogens is 1. The number of anilines is 1. The minimum absolute atomic E-state index is 0.00358. The van der Waals surface area contributed by atoms with Gasteiger partial charge < -0.3 is 19.7 Å². The Hall–Kier alpha value is -1.93. The van der Waals surface area contributed by atoms with Crippen molar-refractivity contribution in [2.45, 2.75) is 12.8 Å². The van der Waals surface area contributed by atoms with Crippen LogP contribution in [-0.4, -0.2) is 82.0 Å². The lowest BCUT2D eigenvalue weighted by molar-refractivity contribution is -0.137. The predicted octanol–water partition coefficient (Wildman–Crippen LogP) is 0.997. The molecule has 2 aromatic heterocycles. The molecular formula is C16H22ClN7O. The van der Waals surface area contributed by atoms with E-state index < -0.39 is 0 Å². The van der Waals surface area contributed by atoms with E-state index in [1.54, 1.807) is 6.33 Å². The van der Waals surface area contributed by atoms with E-state index in [0.29, 0.717) is 12.2 Å². The molecule has 2 aromatic rings. The number of hydrogen-bond acceptors (Lipinski definition) is 6. The fourth-order valence-electron chi connectivity index (χ4n) is 3.68. The fourth-order valence-corrected chi connectivity index (χ4v) is 3.84. The first kappa shape index (κ1) is 16.5. The third-order valence-corrected chi connectivity index (χ3v) is 5.29. The number of carbonyl (C=O) groups excluding carboxylic acids is 1. The maximum atomic E-state index is 12.9. The largest absolute Gasteiger partial charge is 0.354 e. The van der Waals surface area contributed by atoms with Gasteiger partial charge in [0.2, 0.25) is 11.2 Å². The zero-order valence-corrected chi connectivity index (χ0v) is 15.0. The molecular weight excluding hydrogens is 342 g/mol. The molecule has 25 heavy (non-hydrogen) atoms. The fraction of sp³-hybridized carbons (Fsp3) is 0.625. The highest BCUT2D eigenvalue weighted by Crippen LogP contribution is 2.28. The van der Waals surface area contributed by atoms with Crippen LogP contribution in [0.25, 0.3) is 11.2 Å². The molecule has 2 aliphatic rings. The van der Waals surface area contributed by atoms with Crippen LogP contribution in [0.3, 0.4) is 0 Å². The molecule has 0 saturated carbocycles. The number of amides is 1. The van der Waals surface area contributed by atoms with Crippen LogP contribution in [0.5, 0.6) is 0 Å². The van der Waals surface area contributed by atoms with Crippen molar-refractivity contribution in [2.24, 2.45) is 5.92 Å². The number of carbonyl (C=O) groups is 1. The topological polar surface area (TPSA) is 81.2 Å².